The van der Waals surface area contributed by atoms with Gasteiger partial charge in [0.2, 0.25) is 0 Å². The Labute approximate surface area is 44.3 Å². The second-order valence-corrected chi connectivity index (χ2v) is 2.31. The van der Waals surface area contributed by atoms with Crippen LogP contribution < -0.4 is 10.6 Å². The van der Waals surface area contributed by atoms with Crippen LogP contribution in [0, 0.1) is 0 Å². The van der Waals surface area contributed by atoms with Gasteiger partial charge in [-0.3, -0.25) is 0 Å². The predicted octanol–water partition coefficient (Wildman–Crippen LogP) is -2.48. The van der Waals surface area contributed by atoms with Crippen molar-refractivity contribution in [3.05, 3.63) is 0 Å². The van der Waals surface area contributed by atoms with Crippen LogP contribution in [0.3, 0.4) is 0 Å². The summed E-state index contributed by atoms with van der Waals surface area (Å²) in [5, 5.41) is 4.78. The molecular weight excluding hydrogens is 88.1 g/mol. The maximum absolute atomic E-state index is 2.40. The second-order valence-electron chi connectivity index (χ2n) is 2.31. The number of piperazine rings is 1. The number of hydrogen-bond acceptors (Lipinski definition) is 0. The quantitative estimate of drug-likeness (QED) is 0.339. The van der Waals surface area contributed by atoms with E-state index < -0.39 is 0 Å². The van der Waals surface area contributed by atoms with Crippen molar-refractivity contribution in [2.45, 2.75) is 13.0 Å². The minimum Gasteiger partial charge on any atom is -0.337 e. The van der Waals surface area contributed by atoms with Gasteiger partial charge in [-0.05, 0) is 6.92 Å². The first kappa shape index (κ1) is 5.06. The molecule has 2 nitrogen and oxygen atoms in total. The third-order valence-electron chi connectivity index (χ3n) is 1.48. The molecule has 7 heavy (non-hydrogen) atoms. The van der Waals surface area contributed by atoms with E-state index in [1.165, 1.54) is 19.6 Å². The number of hydrogen-bond donors (Lipinski definition) is 2. The third-order valence-corrected chi connectivity index (χ3v) is 1.48. The summed E-state index contributed by atoms with van der Waals surface area (Å²) in [4.78, 5) is 0. The molecule has 1 saturated heterocycles. The van der Waals surface area contributed by atoms with Crippen LogP contribution in [0.5, 0.6) is 0 Å². The molecule has 1 fully saturated rings. The van der Waals surface area contributed by atoms with Crippen molar-refractivity contribution in [1.29, 1.82) is 0 Å². The van der Waals surface area contributed by atoms with Crippen LogP contribution in [0.25, 0.3) is 0 Å². The Morgan fingerprint density at radius 3 is 2.57 bits per heavy atom. The molecule has 0 aromatic rings. The van der Waals surface area contributed by atoms with Crippen LogP contribution >= 0.6 is 0 Å². The minimum absolute atomic E-state index is 0.855. The molecule has 0 bridgehead atoms. The molecule has 0 spiro atoms. The van der Waals surface area contributed by atoms with Gasteiger partial charge in [-0.1, -0.05) is 0 Å². The molecule has 1 rings (SSSR count). The first-order chi connectivity index (χ1) is 3.39. The molecule has 1 aliphatic rings. The second kappa shape index (κ2) is 2.28. The van der Waals surface area contributed by atoms with Crippen molar-refractivity contribution in [3.63, 3.8) is 0 Å². The molecular formula is C5H14N2+2. The average Bonchev–Trinajstić information content (AvgIpc) is 1.69. The summed E-state index contributed by atoms with van der Waals surface area (Å²) in [6.45, 7) is 6.20. The summed E-state index contributed by atoms with van der Waals surface area (Å²) in [6.07, 6.45) is 0. The normalized spacial score (nSPS) is 33.0. The van der Waals surface area contributed by atoms with Gasteiger partial charge in [-0.15, -0.1) is 0 Å². The van der Waals surface area contributed by atoms with Crippen LogP contribution in [0.2, 0.25) is 0 Å². The molecule has 0 aromatic heterocycles. The van der Waals surface area contributed by atoms with Crippen LogP contribution in [-0.4, -0.2) is 25.7 Å². The predicted molar refractivity (Wildman–Crippen MR) is 27.9 cm³/mol. The molecule has 2 heteroatoms. The lowest BCUT2D eigenvalue weighted by Gasteiger charge is -2.13. The SMILES string of the molecule is C[C@@H]1C[NH2+]CC[NH2+]1. The molecule has 1 heterocycles. The van der Waals surface area contributed by atoms with Gasteiger partial charge in [0.05, 0.1) is 0 Å². The molecule has 4 N–H and O–H groups in total. The van der Waals surface area contributed by atoms with Crippen molar-refractivity contribution in [2.75, 3.05) is 19.6 Å². The molecule has 1 aliphatic heterocycles. The van der Waals surface area contributed by atoms with Crippen molar-refractivity contribution in [1.82, 2.24) is 0 Å². The Morgan fingerprint density at radius 1 is 1.43 bits per heavy atom. The molecule has 0 saturated carbocycles. The zero-order valence-corrected chi connectivity index (χ0v) is 4.85. The van der Waals surface area contributed by atoms with Crippen LogP contribution in [0.15, 0.2) is 0 Å². The fourth-order valence-electron chi connectivity index (χ4n) is 0.976. The van der Waals surface area contributed by atoms with Gasteiger partial charge in [0.1, 0.15) is 25.7 Å². The molecule has 0 radical (unpaired) electrons. The molecule has 0 aromatic carbocycles. The third kappa shape index (κ3) is 1.45. The maximum atomic E-state index is 2.40. The Bertz CT molecular complexity index is 48.0. The fourth-order valence-corrected chi connectivity index (χ4v) is 0.976. The number of nitrogens with two attached hydrogens (primary N) is 2. The van der Waals surface area contributed by atoms with E-state index in [2.05, 4.69) is 17.6 Å². The molecule has 42 valence electrons. The summed E-state index contributed by atoms with van der Waals surface area (Å²) < 4.78 is 0. The van der Waals surface area contributed by atoms with E-state index in [1.807, 2.05) is 0 Å². The zero-order chi connectivity index (χ0) is 5.11. The van der Waals surface area contributed by atoms with Gasteiger partial charge in [-0.25, -0.2) is 0 Å². The maximum Gasteiger partial charge on any atom is 0.133 e. The van der Waals surface area contributed by atoms with Crippen molar-refractivity contribution in [2.24, 2.45) is 0 Å². The van der Waals surface area contributed by atoms with E-state index in [-0.39, 0.29) is 0 Å². The lowest BCUT2D eigenvalue weighted by Crippen LogP contribution is -3.07. The molecule has 1 atom stereocenters. The lowest BCUT2D eigenvalue weighted by atomic mass is 10.3. The summed E-state index contributed by atoms with van der Waals surface area (Å²) in [5.41, 5.74) is 0. The molecule has 0 amide bonds. The van der Waals surface area contributed by atoms with Gasteiger partial charge in [-0.2, -0.15) is 0 Å². The monoisotopic (exact) mass is 102 g/mol. The van der Waals surface area contributed by atoms with E-state index in [1.54, 1.807) is 0 Å². The van der Waals surface area contributed by atoms with E-state index in [9.17, 15) is 0 Å². The molecule has 0 unspecified atom stereocenters. The van der Waals surface area contributed by atoms with E-state index in [0.29, 0.717) is 0 Å². The van der Waals surface area contributed by atoms with Crippen molar-refractivity contribution >= 4 is 0 Å². The van der Waals surface area contributed by atoms with Gasteiger partial charge in [0, 0.05) is 0 Å². The molecule has 0 aliphatic carbocycles. The standard InChI is InChI=1S/C5H12N2/c1-5-4-6-2-3-7-5/h5-7H,2-4H2,1H3/p+2/t5-/m1/s1. The highest BCUT2D eigenvalue weighted by atomic mass is 15.0. The summed E-state index contributed by atoms with van der Waals surface area (Å²) >= 11 is 0. The van der Waals surface area contributed by atoms with E-state index in [0.717, 1.165) is 6.04 Å². The first-order valence-corrected chi connectivity index (χ1v) is 3.04. The summed E-state index contributed by atoms with van der Waals surface area (Å²) in [5.74, 6) is 0. The van der Waals surface area contributed by atoms with E-state index in [4.69, 9.17) is 0 Å². The van der Waals surface area contributed by atoms with Gasteiger partial charge >= 0.3 is 0 Å². The highest BCUT2D eigenvalue weighted by Crippen LogP contribution is 1.62. The highest BCUT2D eigenvalue weighted by molar-refractivity contribution is 4.39. The minimum atomic E-state index is 0.855. The van der Waals surface area contributed by atoms with Crippen LogP contribution in [0.1, 0.15) is 6.92 Å². The Balaban J connectivity index is 2.12. The smallest absolute Gasteiger partial charge is 0.133 e. The van der Waals surface area contributed by atoms with E-state index >= 15 is 0 Å². The number of rotatable bonds is 0. The highest BCUT2D eigenvalue weighted by Gasteiger charge is 2.10. The fraction of sp³-hybridized carbons (Fsp3) is 1.00. The summed E-state index contributed by atoms with van der Waals surface area (Å²) in [7, 11) is 0. The summed E-state index contributed by atoms with van der Waals surface area (Å²) in [6, 6.07) is 0.855. The largest absolute Gasteiger partial charge is 0.337 e. The van der Waals surface area contributed by atoms with Gasteiger partial charge in [0.25, 0.3) is 0 Å². The number of quaternary nitrogens is 2. The lowest BCUT2D eigenvalue weighted by molar-refractivity contribution is -0.808. The Kier molecular flexibility index (Phi) is 1.65. The van der Waals surface area contributed by atoms with Crippen molar-refractivity contribution < 1.29 is 10.6 Å². The Morgan fingerprint density at radius 2 is 2.29 bits per heavy atom. The average molecular weight is 102 g/mol. The van der Waals surface area contributed by atoms with Gasteiger partial charge in [0.15, 0.2) is 0 Å². The zero-order valence-electron chi connectivity index (χ0n) is 4.85. The topological polar surface area (TPSA) is 33.2 Å². The Hall–Kier alpha value is -0.0800. The van der Waals surface area contributed by atoms with Gasteiger partial charge < -0.3 is 10.6 Å². The van der Waals surface area contributed by atoms with Crippen LogP contribution in [0.4, 0.5) is 0 Å². The van der Waals surface area contributed by atoms with Crippen LogP contribution in [-0.2, 0) is 0 Å². The first-order valence-electron chi connectivity index (χ1n) is 3.04. The van der Waals surface area contributed by atoms with Crippen molar-refractivity contribution in [3.8, 4) is 0 Å².